The Hall–Kier alpha value is -1.26. The normalized spacial score (nSPS) is 34.3. The molecule has 1 unspecified atom stereocenters. The molecule has 4 aliphatic rings. The highest BCUT2D eigenvalue weighted by molar-refractivity contribution is 6.30. The Morgan fingerprint density at radius 1 is 1.23 bits per heavy atom. The van der Waals surface area contributed by atoms with Gasteiger partial charge in [0.05, 0.1) is 6.54 Å². The standard InChI is InChI=1S/C21H29ClN2O2/c1-20(26-2,17-4-3-5-18(22)9-17)13-23-19(25)24-21-10-14-6-15(11-21)8-16(7-14)12-21/h3-5,9,14-16H,6-8,10-13H2,1-2H3,(H2,23,24,25). The van der Waals surface area contributed by atoms with Gasteiger partial charge in [-0.15, -0.1) is 0 Å². The molecule has 5 heteroatoms. The monoisotopic (exact) mass is 376 g/mol. The quantitative estimate of drug-likeness (QED) is 0.796. The molecule has 0 heterocycles. The fraction of sp³-hybridized carbons (Fsp3) is 0.667. The summed E-state index contributed by atoms with van der Waals surface area (Å²) in [5, 5.41) is 7.07. The lowest BCUT2D eigenvalue weighted by Gasteiger charge is -2.56. The van der Waals surface area contributed by atoms with E-state index in [2.05, 4.69) is 10.6 Å². The summed E-state index contributed by atoms with van der Waals surface area (Å²) in [4.78, 5) is 12.7. The number of amides is 2. The van der Waals surface area contributed by atoms with Crippen LogP contribution in [0.3, 0.4) is 0 Å². The molecular formula is C21H29ClN2O2. The molecular weight excluding hydrogens is 348 g/mol. The summed E-state index contributed by atoms with van der Waals surface area (Å²) in [6, 6.07) is 7.55. The Morgan fingerprint density at radius 2 is 1.85 bits per heavy atom. The number of methoxy groups -OCH3 is 1. The second-order valence-electron chi connectivity index (χ2n) is 8.95. The molecule has 4 saturated carbocycles. The van der Waals surface area contributed by atoms with Gasteiger partial charge in [-0.05, 0) is 80.9 Å². The second kappa shape index (κ2) is 6.72. The summed E-state index contributed by atoms with van der Waals surface area (Å²) in [5.41, 5.74) is 0.379. The van der Waals surface area contributed by atoms with Gasteiger partial charge in [-0.1, -0.05) is 23.7 Å². The van der Waals surface area contributed by atoms with Crippen molar-refractivity contribution < 1.29 is 9.53 Å². The Morgan fingerprint density at radius 3 is 2.38 bits per heavy atom. The first-order valence-electron chi connectivity index (χ1n) is 9.77. The van der Waals surface area contributed by atoms with Gasteiger partial charge in [0.25, 0.3) is 0 Å². The van der Waals surface area contributed by atoms with Gasteiger partial charge in [0.2, 0.25) is 0 Å². The molecule has 4 fully saturated rings. The predicted octanol–water partition coefficient (Wildman–Crippen LogP) is 4.47. The maximum absolute atomic E-state index is 12.7. The van der Waals surface area contributed by atoms with Gasteiger partial charge in [0.1, 0.15) is 5.60 Å². The summed E-state index contributed by atoms with van der Waals surface area (Å²) >= 11 is 6.12. The van der Waals surface area contributed by atoms with Crippen LogP contribution < -0.4 is 10.6 Å². The minimum absolute atomic E-state index is 0.0262. The predicted molar refractivity (Wildman–Crippen MR) is 103 cm³/mol. The van der Waals surface area contributed by atoms with Crippen LogP contribution in [0.4, 0.5) is 4.79 Å². The van der Waals surface area contributed by atoms with E-state index in [1.807, 2.05) is 31.2 Å². The van der Waals surface area contributed by atoms with Gasteiger partial charge < -0.3 is 15.4 Å². The third-order valence-electron chi connectivity index (χ3n) is 6.89. The Bertz CT molecular complexity index is 657. The SMILES string of the molecule is COC(C)(CNC(=O)NC12CC3CC(CC(C3)C1)C2)c1cccc(Cl)c1. The van der Waals surface area contributed by atoms with Gasteiger partial charge in [0, 0.05) is 17.7 Å². The van der Waals surface area contributed by atoms with Crippen LogP contribution >= 0.6 is 11.6 Å². The largest absolute Gasteiger partial charge is 0.372 e. The van der Waals surface area contributed by atoms with E-state index in [4.69, 9.17) is 16.3 Å². The highest BCUT2D eigenvalue weighted by Gasteiger charge is 2.51. The van der Waals surface area contributed by atoms with Crippen molar-refractivity contribution in [3.05, 3.63) is 34.9 Å². The fourth-order valence-electron chi connectivity index (χ4n) is 5.91. The number of benzene rings is 1. The number of hydrogen-bond donors (Lipinski definition) is 2. The number of carbonyl (C=O) groups excluding carboxylic acids is 1. The first-order valence-corrected chi connectivity index (χ1v) is 10.1. The van der Waals surface area contributed by atoms with Gasteiger partial charge >= 0.3 is 6.03 Å². The molecule has 0 aromatic heterocycles. The molecule has 1 aromatic rings. The highest BCUT2D eigenvalue weighted by atomic mass is 35.5. The molecule has 0 aliphatic heterocycles. The first kappa shape index (κ1) is 18.1. The van der Waals surface area contributed by atoms with Crippen molar-refractivity contribution in [2.45, 2.75) is 56.6 Å². The van der Waals surface area contributed by atoms with Crippen molar-refractivity contribution in [3.8, 4) is 0 Å². The summed E-state index contributed by atoms with van der Waals surface area (Å²) < 4.78 is 5.72. The van der Waals surface area contributed by atoms with Crippen LogP contribution in [0.2, 0.25) is 5.02 Å². The molecule has 26 heavy (non-hydrogen) atoms. The van der Waals surface area contributed by atoms with Crippen LogP contribution in [-0.2, 0) is 10.3 Å². The molecule has 4 aliphatic carbocycles. The van der Waals surface area contributed by atoms with E-state index in [-0.39, 0.29) is 11.6 Å². The smallest absolute Gasteiger partial charge is 0.315 e. The Balaban J connectivity index is 1.39. The van der Waals surface area contributed by atoms with Crippen LogP contribution in [0.15, 0.2) is 24.3 Å². The van der Waals surface area contributed by atoms with Crippen molar-refractivity contribution in [1.82, 2.24) is 10.6 Å². The van der Waals surface area contributed by atoms with Crippen molar-refractivity contribution in [2.75, 3.05) is 13.7 Å². The van der Waals surface area contributed by atoms with E-state index in [0.29, 0.717) is 11.6 Å². The van der Waals surface area contributed by atoms with Crippen molar-refractivity contribution in [3.63, 3.8) is 0 Å². The lowest BCUT2D eigenvalue weighted by atomic mass is 9.53. The van der Waals surface area contributed by atoms with Crippen LogP contribution in [0.1, 0.15) is 51.0 Å². The van der Waals surface area contributed by atoms with Crippen LogP contribution in [-0.4, -0.2) is 25.2 Å². The number of hydrogen-bond acceptors (Lipinski definition) is 2. The average Bonchev–Trinajstić information content (AvgIpc) is 2.58. The molecule has 142 valence electrons. The second-order valence-corrected chi connectivity index (χ2v) is 9.39. The maximum atomic E-state index is 12.7. The van der Waals surface area contributed by atoms with E-state index in [1.54, 1.807) is 7.11 Å². The van der Waals surface area contributed by atoms with Crippen molar-refractivity contribution in [2.24, 2.45) is 17.8 Å². The van der Waals surface area contributed by atoms with E-state index < -0.39 is 5.60 Å². The number of rotatable bonds is 5. The van der Waals surface area contributed by atoms with E-state index in [9.17, 15) is 4.79 Å². The lowest BCUT2D eigenvalue weighted by Crippen LogP contribution is -2.62. The van der Waals surface area contributed by atoms with Gasteiger partial charge in [-0.3, -0.25) is 0 Å². The molecule has 1 aromatic carbocycles. The van der Waals surface area contributed by atoms with E-state index in [0.717, 1.165) is 42.6 Å². The number of halogens is 1. The third kappa shape index (κ3) is 3.46. The number of nitrogens with one attached hydrogen (secondary N) is 2. The van der Waals surface area contributed by atoms with Crippen molar-refractivity contribution in [1.29, 1.82) is 0 Å². The molecule has 0 radical (unpaired) electrons. The molecule has 1 atom stereocenters. The van der Waals surface area contributed by atoms with Crippen LogP contribution in [0, 0.1) is 17.8 Å². The number of urea groups is 1. The molecule has 4 nitrogen and oxygen atoms in total. The number of carbonyl (C=O) groups is 1. The average molecular weight is 377 g/mol. The van der Waals surface area contributed by atoms with Crippen molar-refractivity contribution >= 4 is 17.6 Å². The highest BCUT2D eigenvalue weighted by Crippen LogP contribution is 2.55. The van der Waals surface area contributed by atoms with Gasteiger partial charge in [-0.2, -0.15) is 0 Å². The molecule has 5 rings (SSSR count). The Labute approximate surface area is 161 Å². The minimum atomic E-state index is -0.607. The maximum Gasteiger partial charge on any atom is 0.315 e. The lowest BCUT2D eigenvalue weighted by molar-refractivity contribution is -0.0156. The molecule has 2 amide bonds. The molecule has 0 spiro atoms. The minimum Gasteiger partial charge on any atom is -0.372 e. The topological polar surface area (TPSA) is 50.4 Å². The summed E-state index contributed by atoms with van der Waals surface area (Å²) in [6.07, 6.45) is 7.59. The Kier molecular flexibility index (Phi) is 4.68. The summed E-state index contributed by atoms with van der Waals surface area (Å²) in [6.45, 7) is 2.38. The fourth-order valence-corrected chi connectivity index (χ4v) is 6.10. The molecule has 4 bridgehead atoms. The zero-order chi connectivity index (χ0) is 18.4. The van der Waals surface area contributed by atoms with Gasteiger partial charge in [-0.25, -0.2) is 4.79 Å². The third-order valence-corrected chi connectivity index (χ3v) is 7.12. The molecule has 2 N–H and O–H groups in total. The summed E-state index contributed by atoms with van der Waals surface area (Å²) in [7, 11) is 1.67. The zero-order valence-corrected chi connectivity index (χ0v) is 16.4. The molecule has 0 saturated heterocycles. The van der Waals surface area contributed by atoms with Gasteiger partial charge in [0.15, 0.2) is 0 Å². The number of ether oxygens (including phenoxy) is 1. The van der Waals surface area contributed by atoms with E-state index >= 15 is 0 Å². The van der Waals surface area contributed by atoms with Crippen LogP contribution in [0.25, 0.3) is 0 Å². The van der Waals surface area contributed by atoms with Crippen LogP contribution in [0.5, 0.6) is 0 Å². The van der Waals surface area contributed by atoms with E-state index in [1.165, 1.54) is 19.3 Å². The summed E-state index contributed by atoms with van der Waals surface area (Å²) in [5.74, 6) is 2.45. The zero-order valence-electron chi connectivity index (χ0n) is 15.7. The first-order chi connectivity index (χ1) is 12.4.